The highest BCUT2D eigenvalue weighted by molar-refractivity contribution is 7.99. The number of thioether (sulfide) groups is 1. The Labute approximate surface area is 131 Å². The first kappa shape index (κ1) is 16.6. The van der Waals surface area contributed by atoms with Crippen molar-refractivity contribution >= 4 is 27.5 Å². The van der Waals surface area contributed by atoms with Gasteiger partial charge >= 0.3 is 0 Å². The molecule has 0 saturated heterocycles. The van der Waals surface area contributed by atoms with Gasteiger partial charge in [0.1, 0.15) is 0 Å². The van der Waals surface area contributed by atoms with Crippen LogP contribution in [-0.2, 0) is 10.0 Å². The van der Waals surface area contributed by atoms with Gasteiger partial charge in [0.15, 0.2) is 5.03 Å². The van der Waals surface area contributed by atoms with Crippen molar-refractivity contribution in [2.75, 3.05) is 17.6 Å². The van der Waals surface area contributed by atoms with Crippen molar-refractivity contribution in [1.82, 2.24) is 9.71 Å². The minimum absolute atomic E-state index is 0.0236. The van der Waals surface area contributed by atoms with Crippen LogP contribution in [0.5, 0.6) is 0 Å². The Kier molecular flexibility index (Phi) is 5.89. The zero-order valence-corrected chi connectivity index (χ0v) is 14.1. The zero-order valence-electron chi connectivity index (χ0n) is 12.5. The first-order valence-electron chi connectivity index (χ1n) is 7.39. The quantitative estimate of drug-likeness (QED) is 0.804. The Morgan fingerprint density at radius 3 is 2.90 bits per heavy atom. The lowest BCUT2D eigenvalue weighted by atomic mass is 10.3. The summed E-state index contributed by atoms with van der Waals surface area (Å²) in [5.41, 5.74) is 0.560. The Hall–Kier alpha value is -0.790. The number of sulfonamides is 1. The molecule has 1 saturated carbocycles. The van der Waals surface area contributed by atoms with Gasteiger partial charge in [0.25, 0.3) is 10.0 Å². The monoisotopic (exact) mass is 329 g/mol. The maximum Gasteiger partial charge on any atom is 0.260 e. The molecular formula is C14H23N3O2S2. The topological polar surface area (TPSA) is 71.1 Å². The first-order chi connectivity index (χ1) is 10.1. The second kappa shape index (κ2) is 7.47. The third-order valence-corrected chi connectivity index (χ3v) is 6.21. The van der Waals surface area contributed by atoms with Gasteiger partial charge in [-0.25, -0.2) is 18.1 Å². The first-order valence-corrected chi connectivity index (χ1v) is 9.92. The third-order valence-electron chi connectivity index (χ3n) is 3.50. The average molecular weight is 329 g/mol. The van der Waals surface area contributed by atoms with Crippen molar-refractivity contribution in [2.45, 2.75) is 49.4 Å². The van der Waals surface area contributed by atoms with Crippen LogP contribution in [0.2, 0.25) is 0 Å². The fraction of sp³-hybridized carbons (Fsp3) is 0.643. The van der Waals surface area contributed by atoms with E-state index >= 15 is 0 Å². The fourth-order valence-corrected chi connectivity index (χ4v) is 5.18. The van der Waals surface area contributed by atoms with Crippen LogP contribution >= 0.6 is 11.8 Å². The van der Waals surface area contributed by atoms with Crippen LogP contribution in [0, 0.1) is 0 Å². The van der Waals surface area contributed by atoms with E-state index in [1.807, 2.05) is 18.7 Å². The number of nitrogens with zero attached hydrogens (tertiary/aromatic N) is 1. The predicted molar refractivity (Wildman–Crippen MR) is 88.3 cm³/mol. The lowest BCUT2D eigenvalue weighted by molar-refractivity contribution is 0.549. The van der Waals surface area contributed by atoms with E-state index in [0.717, 1.165) is 25.0 Å². The van der Waals surface area contributed by atoms with E-state index < -0.39 is 10.0 Å². The molecule has 1 fully saturated rings. The molecule has 118 valence electrons. The average Bonchev–Trinajstić information content (AvgIpc) is 2.86. The second-order valence-electron chi connectivity index (χ2n) is 5.10. The van der Waals surface area contributed by atoms with Crippen molar-refractivity contribution in [3.63, 3.8) is 0 Å². The molecular weight excluding hydrogens is 306 g/mol. The molecule has 0 amide bonds. The number of anilines is 1. The highest BCUT2D eigenvalue weighted by Gasteiger charge is 2.30. The van der Waals surface area contributed by atoms with Crippen LogP contribution < -0.4 is 10.0 Å². The maximum absolute atomic E-state index is 12.5. The predicted octanol–water partition coefficient (Wildman–Crippen LogP) is 2.47. The molecule has 1 aromatic heterocycles. The number of aromatic nitrogens is 1. The minimum atomic E-state index is -3.57. The van der Waals surface area contributed by atoms with E-state index in [4.69, 9.17) is 0 Å². The summed E-state index contributed by atoms with van der Waals surface area (Å²) in [6.07, 6.45) is 4.40. The molecule has 0 bridgehead atoms. The van der Waals surface area contributed by atoms with Crippen molar-refractivity contribution in [2.24, 2.45) is 0 Å². The summed E-state index contributed by atoms with van der Waals surface area (Å²) in [5.74, 6) is 1.08. The molecule has 2 rings (SSSR count). The van der Waals surface area contributed by atoms with Gasteiger partial charge in [-0.2, -0.15) is 11.8 Å². The summed E-state index contributed by atoms with van der Waals surface area (Å²) in [4.78, 5) is 4.05. The van der Waals surface area contributed by atoms with Crippen LogP contribution in [0.1, 0.15) is 33.1 Å². The van der Waals surface area contributed by atoms with Crippen LogP contribution in [0.4, 0.5) is 5.69 Å². The molecule has 1 aliphatic carbocycles. The van der Waals surface area contributed by atoms with Crippen molar-refractivity contribution in [1.29, 1.82) is 0 Å². The zero-order chi connectivity index (χ0) is 15.3. The lowest BCUT2D eigenvalue weighted by Gasteiger charge is -2.15. The number of nitrogens with one attached hydrogen (secondary N) is 2. The van der Waals surface area contributed by atoms with Crippen LogP contribution in [0.25, 0.3) is 0 Å². The van der Waals surface area contributed by atoms with Crippen LogP contribution in [0.3, 0.4) is 0 Å². The molecule has 7 heteroatoms. The molecule has 2 unspecified atom stereocenters. The molecule has 0 radical (unpaired) electrons. The summed E-state index contributed by atoms with van der Waals surface area (Å²) in [5, 5.41) is 3.72. The molecule has 21 heavy (non-hydrogen) atoms. The van der Waals surface area contributed by atoms with Crippen LogP contribution in [0.15, 0.2) is 23.4 Å². The standard InChI is InChI=1S/C14H23N3O2S2/c1-3-15-13-6-5-9-16-14(13)21(18,19)17-11-7-8-12(10-11)20-4-2/h5-6,9,11-12,15,17H,3-4,7-8,10H2,1-2H3. The highest BCUT2D eigenvalue weighted by atomic mass is 32.2. The summed E-state index contributed by atoms with van der Waals surface area (Å²) >= 11 is 1.91. The van der Waals surface area contributed by atoms with Gasteiger partial charge in [0.05, 0.1) is 5.69 Å². The Morgan fingerprint density at radius 2 is 2.19 bits per heavy atom. The summed E-state index contributed by atoms with van der Waals surface area (Å²) in [6, 6.07) is 3.51. The van der Waals surface area contributed by atoms with E-state index in [1.54, 1.807) is 12.1 Å². The Bertz CT molecular complexity index is 563. The van der Waals surface area contributed by atoms with Crippen molar-refractivity contribution in [3.8, 4) is 0 Å². The lowest BCUT2D eigenvalue weighted by Crippen LogP contribution is -2.34. The molecule has 2 atom stereocenters. The normalized spacial score (nSPS) is 22.4. The second-order valence-corrected chi connectivity index (χ2v) is 8.30. The number of hydrogen-bond acceptors (Lipinski definition) is 5. The molecule has 0 aromatic carbocycles. The largest absolute Gasteiger partial charge is 0.383 e. The van der Waals surface area contributed by atoms with Gasteiger partial charge in [-0.15, -0.1) is 0 Å². The molecule has 2 N–H and O–H groups in total. The summed E-state index contributed by atoms with van der Waals surface area (Å²) < 4.78 is 27.9. The fourth-order valence-electron chi connectivity index (χ4n) is 2.64. The molecule has 0 aliphatic heterocycles. The van der Waals surface area contributed by atoms with E-state index in [2.05, 4.69) is 21.9 Å². The molecule has 0 spiro atoms. The van der Waals surface area contributed by atoms with Gasteiger partial charge < -0.3 is 5.32 Å². The van der Waals surface area contributed by atoms with Crippen molar-refractivity contribution in [3.05, 3.63) is 18.3 Å². The van der Waals surface area contributed by atoms with Gasteiger partial charge in [0, 0.05) is 24.0 Å². The number of hydrogen-bond donors (Lipinski definition) is 2. The maximum atomic E-state index is 12.5. The molecule has 1 aromatic rings. The van der Waals surface area contributed by atoms with E-state index in [1.165, 1.54) is 6.20 Å². The van der Waals surface area contributed by atoms with Crippen LogP contribution in [-0.4, -0.2) is 37.0 Å². The van der Waals surface area contributed by atoms with Gasteiger partial charge in [0.2, 0.25) is 0 Å². The summed E-state index contributed by atoms with van der Waals surface area (Å²) in [6.45, 7) is 4.73. The molecule has 1 heterocycles. The number of rotatable bonds is 7. The minimum Gasteiger partial charge on any atom is -0.383 e. The number of pyridine rings is 1. The molecule has 5 nitrogen and oxygen atoms in total. The van der Waals surface area contributed by atoms with Gasteiger partial charge in [-0.3, -0.25) is 0 Å². The SMILES string of the molecule is CCNc1cccnc1S(=O)(=O)NC1CCC(SCC)C1. The van der Waals surface area contributed by atoms with E-state index in [-0.39, 0.29) is 11.1 Å². The Balaban J connectivity index is 2.09. The van der Waals surface area contributed by atoms with Crippen molar-refractivity contribution < 1.29 is 8.42 Å². The van der Waals surface area contributed by atoms with E-state index in [9.17, 15) is 8.42 Å². The Morgan fingerprint density at radius 1 is 1.38 bits per heavy atom. The summed E-state index contributed by atoms with van der Waals surface area (Å²) in [7, 11) is -3.57. The smallest absolute Gasteiger partial charge is 0.260 e. The van der Waals surface area contributed by atoms with E-state index in [0.29, 0.717) is 17.5 Å². The molecule has 1 aliphatic rings. The third kappa shape index (κ3) is 4.34. The van der Waals surface area contributed by atoms with Gasteiger partial charge in [-0.05, 0) is 44.1 Å². The van der Waals surface area contributed by atoms with Gasteiger partial charge in [-0.1, -0.05) is 6.92 Å². The highest BCUT2D eigenvalue weighted by Crippen LogP contribution is 2.30.